The van der Waals surface area contributed by atoms with Crippen LogP contribution in [0, 0.1) is 22.9 Å². The van der Waals surface area contributed by atoms with Crippen molar-refractivity contribution in [2.75, 3.05) is 5.32 Å². The minimum Gasteiger partial charge on any atom is -0.358 e. The predicted octanol–water partition coefficient (Wildman–Crippen LogP) is 2.56. The maximum Gasteiger partial charge on any atom is 0.390 e. The number of nitrogens with one attached hydrogen (secondary N) is 1. The summed E-state index contributed by atoms with van der Waals surface area (Å²) in [7, 11) is 0. The number of rotatable bonds is 7. The Balaban J connectivity index is 1.57. The molecule has 0 aliphatic carbocycles. The van der Waals surface area contributed by atoms with Gasteiger partial charge in [-0.05, 0) is 24.0 Å². The van der Waals surface area contributed by atoms with E-state index in [9.17, 15) is 19.3 Å². The van der Waals surface area contributed by atoms with Gasteiger partial charge in [-0.1, -0.05) is 17.7 Å². The summed E-state index contributed by atoms with van der Waals surface area (Å²) < 4.78 is 16.6. The maximum atomic E-state index is 13.8. The van der Waals surface area contributed by atoms with Crippen LogP contribution in [0.15, 0.2) is 30.6 Å². The molecular formula is C16H15ClFN7O3. The Morgan fingerprint density at radius 1 is 1.39 bits per heavy atom. The van der Waals surface area contributed by atoms with Gasteiger partial charge in [0, 0.05) is 17.0 Å². The third kappa shape index (κ3) is 4.49. The smallest absolute Gasteiger partial charge is 0.358 e. The van der Waals surface area contributed by atoms with Crippen LogP contribution in [-0.4, -0.2) is 35.4 Å². The Hall–Kier alpha value is -3.34. The third-order valence-corrected chi connectivity index (χ3v) is 4.23. The Kier molecular flexibility index (Phi) is 5.64. The number of aryl methyl sites for hydroxylation is 2. The summed E-state index contributed by atoms with van der Waals surface area (Å²) in [5.74, 6) is -1.07. The Morgan fingerprint density at radius 3 is 2.86 bits per heavy atom. The molecule has 3 rings (SSSR count). The van der Waals surface area contributed by atoms with Gasteiger partial charge >= 0.3 is 5.82 Å². The van der Waals surface area contributed by atoms with Gasteiger partial charge < -0.3 is 10.1 Å². The minimum absolute atomic E-state index is 0.0212. The summed E-state index contributed by atoms with van der Waals surface area (Å²) in [6.07, 6.45) is 1.37. The molecule has 0 bridgehead atoms. The van der Waals surface area contributed by atoms with Crippen molar-refractivity contribution < 1.29 is 14.1 Å². The van der Waals surface area contributed by atoms with Crippen LogP contribution >= 0.6 is 11.6 Å². The van der Waals surface area contributed by atoms with Gasteiger partial charge in [-0.3, -0.25) is 10.1 Å². The zero-order valence-corrected chi connectivity index (χ0v) is 15.4. The van der Waals surface area contributed by atoms with Crippen molar-refractivity contribution in [3.8, 4) is 0 Å². The molecule has 0 aliphatic rings. The largest absolute Gasteiger partial charge is 0.390 e. The first-order valence-electron chi connectivity index (χ1n) is 8.14. The molecule has 0 atom stereocenters. The van der Waals surface area contributed by atoms with Crippen LogP contribution in [0.2, 0.25) is 5.02 Å². The highest BCUT2D eigenvalue weighted by Gasteiger charge is 2.16. The Bertz CT molecular complexity index is 1010. The first-order chi connectivity index (χ1) is 13.3. The average Bonchev–Trinajstić information content (AvgIpc) is 3.23. The molecule has 10 nitrogen and oxygen atoms in total. The topological polar surface area (TPSA) is 121 Å². The normalized spacial score (nSPS) is 10.8. The number of hydrogen-bond donors (Lipinski definition) is 1. The van der Waals surface area contributed by atoms with Gasteiger partial charge in [0.05, 0.1) is 29.9 Å². The Labute approximate surface area is 163 Å². The fraction of sp³-hybridized carbons (Fsp3) is 0.250. The number of aromatic nitrogens is 5. The van der Waals surface area contributed by atoms with Crippen LogP contribution < -0.4 is 5.32 Å². The van der Waals surface area contributed by atoms with E-state index >= 15 is 0 Å². The van der Waals surface area contributed by atoms with Crippen molar-refractivity contribution in [2.24, 2.45) is 0 Å². The fourth-order valence-electron chi connectivity index (χ4n) is 2.48. The molecule has 12 heteroatoms. The van der Waals surface area contributed by atoms with Gasteiger partial charge in [-0.15, -0.1) is 5.10 Å². The molecule has 0 aliphatic heterocycles. The first-order valence-corrected chi connectivity index (χ1v) is 8.52. The molecule has 146 valence electrons. The molecule has 0 unspecified atom stereocenters. The lowest BCUT2D eigenvalue weighted by molar-refractivity contribution is -0.389. The molecule has 0 spiro atoms. The lowest BCUT2D eigenvalue weighted by Crippen LogP contribution is -2.16. The van der Waals surface area contributed by atoms with Crippen LogP contribution in [0.3, 0.4) is 0 Å². The summed E-state index contributed by atoms with van der Waals surface area (Å²) in [4.78, 5) is 26.1. The summed E-state index contributed by atoms with van der Waals surface area (Å²) in [6.45, 7) is 1.89. The summed E-state index contributed by atoms with van der Waals surface area (Å²) in [5, 5.41) is 21.4. The fourth-order valence-corrected chi connectivity index (χ4v) is 2.70. The van der Waals surface area contributed by atoms with Crippen molar-refractivity contribution in [3.05, 3.63) is 62.8 Å². The van der Waals surface area contributed by atoms with Crippen LogP contribution in [0.5, 0.6) is 0 Å². The zero-order valence-electron chi connectivity index (χ0n) is 14.7. The highest BCUT2D eigenvalue weighted by molar-refractivity contribution is 6.31. The molecule has 0 fully saturated rings. The van der Waals surface area contributed by atoms with E-state index in [1.807, 2.05) is 0 Å². The molecular weight excluding hydrogens is 393 g/mol. The second-order valence-corrected chi connectivity index (χ2v) is 6.30. The molecule has 0 saturated heterocycles. The van der Waals surface area contributed by atoms with E-state index in [1.165, 1.54) is 33.9 Å². The van der Waals surface area contributed by atoms with Crippen molar-refractivity contribution in [3.63, 3.8) is 0 Å². The number of hydrogen-bond acceptors (Lipinski definition) is 6. The van der Waals surface area contributed by atoms with E-state index < -0.39 is 10.7 Å². The number of carbonyl (C=O) groups excluding carboxylic acids is 1. The number of halogens is 2. The van der Waals surface area contributed by atoms with Gasteiger partial charge in [-0.2, -0.15) is 4.68 Å². The molecule has 28 heavy (non-hydrogen) atoms. The van der Waals surface area contributed by atoms with Crippen molar-refractivity contribution in [1.82, 2.24) is 24.5 Å². The molecule has 0 saturated carbocycles. The van der Waals surface area contributed by atoms with Crippen LogP contribution in [0.25, 0.3) is 0 Å². The van der Waals surface area contributed by atoms with Crippen molar-refractivity contribution in [2.45, 2.75) is 26.4 Å². The molecule has 3 aromatic rings. The number of carbonyl (C=O) groups is 1. The highest BCUT2D eigenvalue weighted by atomic mass is 35.5. The van der Waals surface area contributed by atoms with Gasteiger partial charge in [0.15, 0.2) is 0 Å². The molecule has 0 radical (unpaired) electrons. The van der Waals surface area contributed by atoms with Crippen LogP contribution in [0.1, 0.15) is 17.7 Å². The summed E-state index contributed by atoms with van der Waals surface area (Å²) in [5.41, 5.74) is 0.839. The molecule has 2 aromatic heterocycles. The van der Waals surface area contributed by atoms with E-state index in [0.717, 1.165) is 0 Å². The highest BCUT2D eigenvalue weighted by Crippen LogP contribution is 2.20. The predicted molar refractivity (Wildman–Crippen MR) is 97.4 cm³/mol. The second kappa shape index (κ2) is 8.13. The maximum absolute atomic E-state index is 13.8. The number of amides is 1. The molecule has 2 heterocycles. The second-order valence-electron chi connectivity index (χ2n) is 5.89. The van der Waals surface area contributed by atoms with E-state index in [-0.39, 0.29) is 47.8 Å². The van der Waals surface area contributed by atoms with Crippen molar-refractivity contribution in [1.29, 1.82) is 0 Å². The average molecular weight is 408 g/mol. The van der Waals surface area contributed by atoms with E-state index in [1.54, 1.807) is 13.0 Å². The minimum atomic E-state index is -0.595. The number of nitrogens with zero attached hydrogens (tertiary/aromatic N) is 6. The number of anilines is 1. The monoisotopic (exact) mass is 407 g/mol. The number of benzene rings is 1. The zero-order chi connectivity index (χ0) is 20.3. The Morgan fingerprint density at radius 2 is 2.18 bits per heavy atom. The number of nitro groups is 1. The quantitative estimate of drug-likeness (QED) is 0.474. The van der Waals surface area contributed by atoms with Gasteiger partial charge in [-0.25, -0.2) is 14.1 Å². The molecule has 1 amide bonds. The first kappa shape index (κ1) is 19.4. The van der Waals surface area contributed by atoms with E-state index in [4.69, 9.17) is 11.6 Å². The van der Waals surface area contributed by atoms with Gasteiger partial charge in [0.25, 0.3) is 0 Å². The summed E-state index contributed by atoms with van der Waals surface area (Å²) in [6, 6.07) is 5.70. The lowest BCUT2D eigenvalue weighted by atomic mass is 10.2. The van der Waals surface area contributed by atoms with E-state index in [2.05, 4.69) is 20.5 Å². The summed E-state index contributed by atoms with van der Waals surface area (Å²) >= 11 is 5.98. The van der Waals surface area contributed by atoms with Gasteiger partial charge in [0.1, 0.15) is 12.1 Å². The van der Waals surface area contributed by atoms with E-state index in [0.29, 0.717) is 5.69 Å². The lowest BCUT2D eigenvalue weighted by Gasteiger charge is -2.05. The standard InChI is InChI=1S/C16H15ClFN7O3/c1-10-7-14(25(27)28)21-24(10)6-5-15(26)20-16-19-9-23(22-16)8-11-12(17)3-2-4-13(11)18/h2-4,7,9H,5-6,8H2,1H3,(H,20,22,26). The van der Waals surface area contributed by atoms with Gasteiger partial charge in [0.2, 0.25) is 11.9 Å². The third-order valence-electron chi connectivity index (χ3n) is 3.88. The van der Waals surface area contributed by atoms with Crippen molar-refractivity contribution >= 4 is 29.3 Å². The van der Waals surface area contributed by atoms with Crippen LogP contribution in [-0.2, 0) is 17.9 Å². The van der Waals surface area contributed by atoms with Crippen LogP contribution in [0.4, 0.5) is 16.2 Å². The molecule has 1 aromatic carbocycles. The molecule has 1 N–H and O–H groups in total. The SMILES string of the molecule is Cc1cc([N+](=O)[O-])nn1CCC(=O)Nc1ncn(Cc2c(F)cccc2Cl)n1.